The van der Waals surface area contributed by atoms with E-state index in [1.807, 2.05) is 19.9 Å². The van der Waals surface area contributed by atoms with E-state index in [-0.39, 0.29) is 10.8 Å². The smallest absolute Gasteiger partial charge is 0.261 e. The number of carbonyl (C=O) groups excluding carboxylic acids is 1. The number of hydrogen-bond donors (Lipinski definition) is 2. The maximum absolute atomic E-state index is 12.5. The van der Waals surface area contributed by atoms with E-state index in [2.05, 4.69) is 10.0 Å². The molecule has 7 heteroatoms. The predicted octanol–water partition coefficient (Wildman–Crippen LogP) is 2.48. The second-order valence-electron chi connectivity index (χ2n) is 5.63. The molecule has 0 saturated carbocycles. The van der Waals surface area contributed by atoms with Gasteiger partial charge in [-0.25, -0.2) is 8.42 Å². The van der Waals surface area contributed by atoms with E-state index in [1.54, 1.807) is 19.2 Å². The summed E-state index contributed by atoms with van der Waals surface area (Å²) in [6.07, 6.45) is 0. The van der Waals surface area contributed by atoms with Gasteiger partial charge in [-0.1, -0.05) is 12.1 Å². The third-order valence-corrected chi connectivity index (χ3v) is 5.25. The maximum Gasteiger partial charge on any atom is 0.261 e. The lowest BCUT2D eigenvalue weighted by Gasteiger charge is -2.12. The first-order valence-corrected chi connectivity index (χ1v) is 9.29. The summed E-state index contributed by atoms with van der Waals surface area (Å²) in [7, 11) is -2.17. The number of rotatable bonds is 7. The summed E-state index contributed by atoms with van der Waals surface area (Å²) >= 11 is 0. The highest BCUT2D eigenvalue weighted by molar-refractivity contribution is 7.92. The summed E-state index contributed by atoms with van der Waals surface area (Å²) in [5, 5.41) is 2.68. The highest BCUT2D eigenvalue weighted by Crippen LogP contribution is 2.22. The molecule has 2 N–H and O–H groups in total. The second-order valence-corrected chi connectivity index (χ2v) is 7.31. The van der Waals surface area contributed by atoms with Crippen LogP contribution in [-0.2, 0) is 14.8 Å². The van der Waals surface area contributed by atoms with Crippen molar-refractivity contribution in [1.82, 2.24) is 5.32 Å². The molecular formula is C18H22N2O4S. The fourth-order valence-corrected chi connectivity index (χ4v) is 3.34. The van der Waals surface area contributed by atoms with E-state index < -0.39 is 10.0 Å². The van der Waals surface area contributed by atoms with Crippen LogP contribution in [0.2, 0.25) is 0 Å². The van der Waals surface area contributed by atoms with Crippen molar-refractivity contribution in [2.24, 2.45) is 0 Å². The maximum atomic E-state index is 12.5. The van der Waals surface area contributed by atoms with Crippen molar-refractivity contribution in [3.8, 4) is 0 Å². The Labute approximate surface area is 148 Å². The number of nitrogens with one attached hydrogen (secondary N) is 2. The van der Waals surface area contributed by atoms with Crippen molar-refractivity contribution >= 4 is 21.6 Å². The third-order valence-electron chi connectivity index (χ3n) is 3.87. The molecule has 0 spiro atoms. The zero-order valence-electron chi connectivity index (χ0n) is 14.5. The summed E-state index contributed by atoms with van der Waals surface area (Å²) < 4.78 is 32.5. The molecule has 0 fully saturated rings. The second kappa shape index (κ2) is 8.13. The monoisotopic (exact) mass is 362 g/mol. The zero-order valence-corrected chi connectivity index (χ0v) is 15.3. The standard InChI is InChI=1S/C18H22N2O4S/c1-13-5-4-6-17(14(13)2)20-25(22,23)16-9-7-15(8-10-16)18(21)19-11-12-24-3/h4-10,20H,11-12H2,1-3H3,(H,19,21). The van der Waals surface area contributed by atoms with E-state index in [4.69, 9.17) is 4.74 Å². The largest absolute Gasteiger partial charge is 0.383 e. The summed E-state index contributed by atoms with van der Waals surface area (Å²) in [6.45, 7) is 4.59. The first-order chi connectivity index (χ1) is 11.8. The minimum Gasteiger partial charge on any atom is -0.383 e. The Hall–Kier alpha value is -2.38. The highest BCUT2D eigenvalue weighted by atomic mass is 32.2. The average molecular weight is 362 g/mol. The van der Waals surface area contributed by atoms with Gasteiger partial charge in [-0.2, -0.15) is 0 Å². The lowest BCUT2D eigenvalue weighted by Crippen LogP contribution is -2.26. The lowest BCUT2D eigenvalue weighted by molar-refractivity contribution is 0.0937. The molecule has 2 aromatic rings. The molecule has 25 heavy (non-hydrogen) atoms. The fourth-order valence-electron chi connectivity index (χ4n) is 2.22. The van der Waals surface area contributed by atoms with E-state index in [0.717, 1.165) is 11.1 Å². The molecule has 0 atom stereocenters. The first kappa shape index (κ1) is 19.0. The topological polar surface area (TPSA) is 84.5 Å². The van der Waals surface area contributed by atoms with Gasteiger partial charge in [0.25, 0.3) is 15.9 Å². The molecule has 2 rings (SSSR count). The number of hydrogen-bond acceptors (Lipinski definition) is 4. The van der Waals surface area contributed by atoms with Crippen LogP contribution < -0.4 is 10.0 Å². The molecule has 0 radical (unpaired) electrons. The molecule has 0 unspecified atom stereocenters. The van der Waals surface area contributed by atoms with Crippen LogP contribution in [0.4, 0.5) is 5.69 Å². The van der Waals surface area contributed by atoms with Gasteiger partial charge in [0.1, 0.15) is 0 Å². The van der Waals surface area contributed by atoms with Crippen molar-refractivity contribution in [3.63, 3.8) is 0 Å². The van der Waals surface area contributed by atoms with Crippen molar-refractivity contribution in [2.75, 3.05) is 25.0 Å². The van der Waals surface area contributed by atoms with Gasteiger partial charge >= 0.3 is 0 Å². The molecule has 0 saturated heterocycles. The van der Waals surface area contributed by atoms with Crippen molar-refractivity contribution < 1.29 is 17.9 Å². The van der Waals surface area contributed by atoms with Gasteiger partial charge in [0.15, 0.2) is 0 Å². The molecule has 0 aliphatic rings. The van der Waals surface area contributed by atoms with Crippen LogP contribution in [0.15, 0.2) is 47.4 Å². The number of anilines is 1. The number of aryl methyl sites for hydroxylation is 1. The van der Waals surface area contributed by atoms with Crippen LogP contribution in [0, 0.1) is 13.8 Å². The third kappa shape index (κ3) is 4.80. The average Bonchev–Trinajstić information content (AvgIpc) is 2.59. The van der Waals surface area contributed by atoms with Crippen LogP contribution in [0.25, 0.3) is 0 Å². The summed E-state index contributed by atoms with van der Waals surface area (Å²) in [4.78, 5) is 12.0. The Bertz CT molecular complexity index is 846. The molecule has 0 bridgehead atoms. The van der Waals surface area contributed by atoms with E-state index in [9.17, 15) is 13.2 Å². The van der Waals surface area contributed by atoms with Gasteiger partial charge in [-0.3, -0.25) is 9.52 Å². The normalized spacial score (nSPS) is 11.2. The number of sulfonamides is 1. The Balaban J connectivity index is 2.15. The van der Waals surface area contributed by atoms with Gasteiger partial charge in [-0.05, 0) is 55.3 Å². The van der Waals surface area contributed by atoms with E-state index >= 15 is 0 Å². The van der Waals surface area contributed by atoms with Crippen molar-refractivity contribution in [1.29, 1.82) is 0 Å². The van der Waals surface area contributed by atoms with Gasteiger partial charge in [0, 0.05) is 19.2 Å². The predicted molar refractivity (Wildman–Crippen MR) is 97.4 cm³/mol. The molecule has 6 nitrogen and oxygen atoms in total. The fraction of sp³-hybridized carbons (Fsp3) is 0.278. The number of carbonyl (C=O) groups is 1. The molecule has 0 aromatic heterocycles. The molecule has 0 aliphatic heterocycles. The quantitative estimate of drug-likeness (QED) is 0.741. The van der Waals surface area contributed by atoms with Crippen molar-refractivity contribution in [3.05, 3.63) is 59.2 Å². The summed E-state index contributed by atoms with van der Waals surface area (Å²) in [5.41, 5.74) is 2.81. The van der Waals surface area contributed by atoms with Crippen LogP contribution in [0.3, 0.4) is 0 Å². The molecule has 2 aromatic carbocycles. The highest BCUT2D eigenvalue weighted by Gasteiger charge is 2.16. The minimum atomic E-state index is -3.72. The summed E-state index contributed by atoms with van der Waals surface area (Å²) in [6, 6.07) is 11.2. The number of benzene rings is 2. The van der Waals surface area contributed by atoms with Gasteiger partial charge in [0.05, 0.1) is 17.2 Å². The van der Waals surface area contributed by atoms with Gasteiger partial charge < -0.3 is 10.1 Å². The molecule has 0 aliphatic carbocycles. The number of ether oxygens (including phenoxy) is 1. The SMILES string of the molecule is COCCNC(=O)c1ccc(S(=O)(=O)Nc2cccc(C)c2C)cc1. The summed E-state index contributed by atoms with van der Waals surface area (Å²) in [5.74, 6) is -0.275. The van der Waals surface area contributed by atoms with Crippen molar-refractivity contribution in [2.45, 2.75) is 18.7 Å². The minimum absolute atomic E-state index is 0.0989. The number of methoxy groups -OCH3 is 1. The Morgan fingerprint density at radius 2 is 1.76 bits per heavy atom. The van der Waals surface area contributed by atoms with Crippen LogP contribution >= 0.6 is 0 Å². The van der Waals surface area contributed by atoms with Crippen LogP contribution in [0.1, 0.15) is 21.5 Å². The number of amides is 1. The van der Waals surface area contributed by atoms with Crippen LogP contribution in [0.5, 0.6) is 0 Å². The molecule has 134 valence electrons. The Kier molecular flexibility index (Phi) is 6.17. The van der Waals surface area contributed by atoms with Gasteiger partial charge in [-0.15, -0.1) is 0 Å². The van der Waals surface area contributed by atoms with E-state index in [0.29, 0.717) is 24.4 Å². The molecular weight excluding hydrogens is 340 g/mol. The Morgan fingerprint density at radius 1 is 1.08 bits per heavy atom. The zero-order chi connectivity index (χ0) is 18.4. The van der Waals surface area contributed by atoms with E-state index in [1.165, 1.54) is 24.3 Å². The van der Waals surface area contributed by atoms with Crippen LogP contribution in [-0.4, -0.2) is 34.6 Å². The van der Waals surface area contributed by atoms with Gasteiger partial charge in [0.2, 0.25) is 0 Å². The first-order valence-electron chi connectivity index (χ1n) is 7.81. The molecule has 0 heterocycles. The lowest BCUT2D eigenvalue weighted by atomic mass is 10.1. The molecule has 1 amide bonds. The Morgan fingerprint density at radius 3 is 2.40 bits per heavy atom.